The third kappa shape index (κ3) is 7.70. The number of hydrogen-bond donors (Lipinski definition) is 2. The fraction of sp³-hybridized carbons (Fsp3) is 0.857. The van der Waals surface area contributed by atoms with Crippen molar-refractivity contribution in [3.05, 3.63) is 0 Å². The summed E-state index contributed by atoms with van der Waals surface area (Å²) in [6.45, 7) is 12.6. The highest BCUT2D eigenvalue weighted by molar-refractivity contribution is 5.87. The molecule has 0 aliphatic rings. The molecule has 1 unspecified atom stereocenters. The van der Waals surface area contributed by atoms with Crippen molar-refractivity contribution in [1.29, 1.82) is 0 Å². The van der Waals surface area contributed by atoms with Gasteiger partial charge in [0, 0.05) is 12.5 Å². The Morgan fingerprint density at radius 3 is 2.21 bits per heavy atom. The van der Waals surface area contributed by atoms with Gasteiger partial charge in [0.25, 0.3) is 0 Å². The second-order valence-electron chi connectivity index (χ2n) is 6.78. The van der Waals surface area contributed by atoms with Crippen LogP contribution in [0.4, 0.5) is 0 Å². The lowest BCUT2D eigenvalue weighted by Gasteiger charge is -2.29. The summed E-state index contributed by atoms with van der Waals surface area (Å²) in [5, 5.41) is 11.5. The van der Waals surface area contributed by atoms with E-state index in [1.54, 1.807) is 4.90 Å². The molecule has 19 heavy (non-hydrogen) atoms. The number of carbonyl (C=O) groups excluding carboxylic acids is 1. The molecule has 5 heteroatoms. The molecular formula is C14H29N3O2. The first-order valence-corrected chi connectivity index (χ1v) is 6.82. The van der Waals surface area contributed by atoms with Crippen LogP contribution in [-0.4, -0.2) is 34.4 Å². The second kappa shape index (κ2) is 7.36. The highest BCUT2D eigenvalue weighted by Gasteiger charge is 2.23. The van der Waals surface area contributed by atoms with Gasteiger partial charge in [-0.3, -0.25) is 4.79 Å². The quantitative estimate of drug-likeness (QED) is 0.337. The van der Waals surface area contributed by atoms with Gasteiger partial charge in [0.2, 0.25) is 5.91 Å². The maximum absolute atomic E-state index is 12.3. The van der Waals surface area contributed by atoms with E-state index in [9.17, 15) is 4.79 Å². The van der Waals surface area contributed by atoms with E-state index in [0.29, 0.717) is 12.3 Å². The van der Waals surface area contributed by atoms with Crippen LogP contribution in [-0.2, 0) is 4.79 Å². The summed E-state index contributed by atoms with van der Waals surface area (Å²) >= 11 is 0. The van der Waals surface area contributed by atoms with Crippen LogP contribution in [0.1, 0.15) is 54.4 Å². The van der Waals surface area contributed by atoms with Crippen LogP contribution in [0.5, 0.6) is 0 Å². The van der Waals surface area contributed by atoms with Gasteiger partial charge in [-0.1, -0.05) is 32.9 Å². The fourth-order valence-corrected chi connectivity index (χ4v) is 2.30. The molecule has 0 aliphatic heterocycles. The normalized spacial score (nSPS) is 14.6. The average molecular weight is 271 g/mol. The lowest BCUT2D eigenvalue weighted by molar-refractivity contribution is -0.133. The van der Waals surface area contributed by atoms with Crippen LogP contribution in [0.2, 0.25) is 0 Å². The number of hydrogen-bond acceptors (Lipinski definition) is 3. The monoisotopic (exact) mass is 271 g/mol. The van der Waals surface area contributed by atoms with Gasteiger partial charge in [-0.2, -0.15) is 0 Å². The number of oxime groups is 1. The van der Waals surface area contributed by atoms with E-state index in [4.69, 9.17) is 10.9 Å². The molecule has 0 heterocycles. The maximum Gasteiger partial charge on any atom is 0.223 e. The fourth-order valence-electron chi connectivity index (χ4n) is 2.30. The van der Waals surface area contributed by atoms with E-state index >= 15 is 0 Å². The van der Waals surface area contributed by atoms with Crippen LogP contribution in [0.3, 0.4) is 0 Å². The largest absolute Gasteiger partial charge is 0.409 e. The van der Waals surface area contributed by atoms with Crippen LogP contribution in [0.25, 0.3) is 0 Å². The molecule has 0 spiro atoms. The highest BCUT2D eigenvalue weighted by Crippen LogP contribution is 2.26. The van der Waals surface area contributed by atoms with E-state index in [1.165, 1.54) is 0 Å². The first kappa shape index (κ1) is 17.7. The van der Waals surface area contributed by atoms with E-state index in [-0.39, 0.29) is 29.7 Å². The zero-order chi connectivity index (χ0) is 15.2. The van der Waals surface area contributed by atoms with Crippen molar-refractivity contribution >= 4 is 11.7 Å². The van der Waals surface area contributed by atoms with Gasteiger partial charge in [-0.25, -0.2) is 0 Å². The number of carbonyl (C=O) groups is 1. The molecule has 0 saturated heterocycles. The van der Waals surface area contributed by atoms with Crippen molar-refractivity contribution in [3.8, 4) is 0 Å². The molecule has 0 aromatic heterocycles. The van der Waals surface area contributed by atoms with Gasteiger partial charge in [0.1, 0.15) is 0 Å². The first-order chi connectivity index (χ1) is 8.56. The maximum atomic E-state index is 12.3. The third-order valence-corrected chi connectivity index (χ3v) is 2.89. The van der Waals surface area contributed by atoms with Crippen molar-refractivity contribution in [2.24, 2.45) is 22.2 Å². The predicted octanol–water partition coefficient (Wildman–Crippen LogP) is 2.43. The van der Waals surface area contributed by atoms with Crippen LogP contribution in [0, 0.1) is 11.3 Å². The Morgan fingerprint density at radius 2 is 1.84 bits per heavy atom. The second-order valence-corrected chi connectivity index (χ2v) is 6.78. The number of nitrogens with two attached hydrogens (primary N) is 1. The molecule has 3 N–H and O–H groups in total. The molecule has 0 radical (unpaired) electrons. The van der Waals surface area contributed by atoms with Gasteiger partial charge >= 0.3 is 0 Å². The minimum atomic E-state index is 0.0367. The Bertz CT molecular complexity index is 319. The van der Waals surface area contributed by atoms with Gasteiger partial charge in [-0.15, -0.1) is 0 Å². The average Bonchev–Trinajstić information content (AvgIpc) is 2.21. The number of rotatable bonds is 6. The number of amides is 1. The molecule has 0 rings (SSSR count). The lowest BCUT2D eigenvalue weighted by Crippen LogP contribution is -2.43. The Hall–Kier alpha value is -1.26. The summed E-state index contributed by atoms with van der Waals surface area (Å²) in [6, 6.07) is 0.0367. The Morgan fingerprint density at radius 1 is 1.32 bits per heavy atom. The SMILES string of the molecule is CC(CC(=O)N(CC(N)=NO)C(C)C)CC(C)(C)C. The standard InChI is InChI=1S/C14H29N3O2/c1-10(2)17(9-12(15)16-19)13(18)7-11(3)8-14(4,5)6/h10-11,19H,7-9H2,1-6H3,(H2,15,16). The molecule has 0 aliphatic carbocycles. The van der Waals surface area contributed by atoms with Crippen molar-refractivity contribution in [2.45, 2.75) is 60.4 Å². The molecular weight excluding hydrogens is 242 g/mol. The van der Waals surface area contributed by atoms with E-state index in [1.807, 2.05) is 13.8 Å². The molecule has 1 atom stereocenters. The Kier molecular flexibility index (Phi) is 6.87. The van der Waals surface area contributed by atoms with Crippen molar-refractivity contribution in [1.82, 2.24) is 4.90 Å². The Labute approximate surface area is 116 Å². The zero-order valence-electron chi connectivity index (χ0n) is 13.1. The summed E-state index contributed by atoms with van der Waals surface area (Å²) in [5.41, 5.74) is 5.70. The molecule has 0 saturated carbocycles. The number of amidine groups is 1. The number of nitrogens with zero attached hydrogens (tertiary/aromatic N) is 2. The van der Waals surface area contributed by atoms with E-state index < -0.39 is 0 Å². The zero-order valence-corrected chi connectivity index (χ0v) is 13.1. The van der Waals surface area contributed by atoms with Crippen molar-refractivity contribution in [3.63, 3.8) is 0 Å². The minimum absolute atomic E-state index is 0.0367. The first-order valence-electron chi connectivity index (χ1n) is 6.82. The third-order valence-electron chi connectivity index (χ3n) is 2.89. The molecule has 0 bridgehead atoms. The van der Waals surface area contributed by atoms with E-state index in [0.717, 1.165) is 6.42 Å². The summed E-state index contributed by atoms with van der Waals surface area (Å²) < 4.78 is 0. The highest BCUT2D eigenvalue weighted by atomic mass is 16.4. The van der Waals surface area contributed by atoms with Gasteiger partial charge in [0.05, 0.1) is 6.54 Å². The lowest BCUT2D eigenvalue weighted by atomic mass is 9.84. The summed E-state index contributed by atoms with van der Waals surface area (Å²) in [5.74, 6) is 0.435. The molecule has 0 fully saturated rings. The van der Waals surface area contributed by atoms with Gasteiger partial charge in [0.15, 0.2) is 5.84 Å². The Balaban J connectivity index is 4.57. The van der Waals surface area contributed by atoms with E-state index in [2.05, 4.69) is 32.9 Å². The smallest absolute Gasteiger partial charge is 0.223 e. The molecule has 5 nitrogen and oxygen atoms in total. The van der Waals surface area contributed by atoms with Gasteiger partial charge in [-0.05, 0) is 31.6 Å². The van der Waals surface area contributed by atoms with Crippen molar-refractivity contribution < 1.29 is 10.0 Å². The van der Waals surface area contributed by atoms with Crippen molar-refractivity contribution in [2.75, 3.05) is 6.54 Å². The van der Waals surface area contributed by atoms with Crippen LogP contribution >= 0.6 is 0 Å². The molecule has 112 valence electrons. The molecule has 1 amide bonds. The van der Waals surface area contributed by atoms with Crippen LogP contribution in [0.15, 0.2) is 5.16 Å². The van der Waals surface area contributed by atoms with Crippen LogP contribution < -0.4 is 5.73 Å². The topological polar surface area (TPSA) is 78.9 Å². The molecule has 0 aromatic carbocycles. The molecule has 0 aromatic rings. The predicted molar refractivity (Wildman–Crippen MR) is 78.1 cm³/mol. The minimum Gasteiger partial charge on any atom is -0.409 e. The van der Waals surface area contributed by atoms with Gasteiger partial charge < -0.3 is 15.8 Å². The summed E-state index contributed by atoms with van der Waals surface area (Å²) in [7, 11) is 0. The summed E-state index contributed by atoms with van der Waals surface area (Å²) in [4.78, 5) is 13.9. The summed E-state index contributed by atoms with van der Waals surface area (Å²) in [6.07, 6.45) is 1.49.